The van der Waals surface area contributed by atoms with Gasteiger partial charge in [-0.1, -0.05) is 70.4 Å². The molecule has 0 aromatic rings. The maximum atomic E-state index is 11.9. The van der Waals surface area contributed by atoms with E-state index in [4.69, 9.17) is 18.5 Å². The summed E-state index contributed by atoms with van der Waals surface area (Å²) in [5.74, 6) is 0. The largest absolute Gasteiger partial charge is 0.756 e. The van der Waals surface area contributed by atoms with Crippen LogP contribution in [0.1, 0.15) is 96.8 Å². The molecular formula is C26H52NO6P. The summed E-state index contributed by atoms with van der Waals surface area (Å²) in [5, 5.41) is 0. The Morgan fingerprint density at radius 2 is 1.50 bits per heavy atom. The van der Waals surface area contributed by atoms with Crippen LogP contribution in [0.25, 0.3) is 0 Å². The number of allylic oxidation sites excluding steroid dienone is 2. The Hall–Kier alpha value is -0.270. The predicted octanol–water partition coefficient (Wildman–Crippen LogP) is 5.97. The summed E-state index contributed by atoms with van der Waals surface area (Å²) in [6, 6.07) is 0. The number of hydrogen-bond acceptors (Lipinski definition) is 6. The highest BCUT2D eigenvalue weighted by Crippen LogP contribution is 2.38. The molecule has 3 unspecified atom stereocenters. The van der Waals surface area contributed by atoms with Crippen LogP contribution in [-0.4, -0.2) is 64.4 Å². The molecule has 34 heavy (non-hydrogen) atoms. The lowest BCUT2D eigenvalue weighted by atomic mass is 10.1. The zero-order chi connectivity index (χ0) is 25.1. The third-order valence-corrected chi connectivity index (χ3v) is 6.91. The number of rotatable bonds is 22. The molecule has 1 rings (SSSR count). The fourth-order valence-corrected chi connectivity index (χ4v) is 4.50. The van der Waals surface area contributed by atoms with Gasteiger partial charge in [0.05, 0.1) is 34.4 Å². The highest BCUT2D eigenvalue weighted by atomic mass is 31.2. The lowest BCUT2D eigenvalue weighted by Gasteiger charge is -2.27. The molecule has 0 aromatic heterocycles. The van der Waals surface area contributed by atoms with Gasteiger partial charge >= 0.3 is 0 Å². The molecule has 0 N–H and O–H groups in total. The Morgan fingerprint density at radius 3 is 2.12 bits per heavy atom. The van der Waals surface area contributed by atoms with Crippen molar-refractivity contribution >= 4 is 7.82 Å². The van der Waals surface area contributed by atoms with Gasteiger partial charge in [-0.15, -0.1) is 0 Å². The number of quaternary nitrogens is 1. The van der Waals surface area contributed by atoms with Crippen LogP contribution in [0.4, 0.5) is 0 Å². The Bertz CT molecular complexity index is 566. The van der Waals surface area contributed by atoms with Crippen molar-refractivity contribution in [3.8, 4) is 0 Å². The van der Waals surface area contributed by atoms with Gasteiger partial charge in [0.1, 0.15) is 19.3 Å². The van der Waals surface area contributed by atoms with Gasteiger partial charge in [0.25, 0.3) is 7.82 Å². The fraction of sp³-hybridized carbons (Fsp3) is 0.923. The second kappa shape index (κ2) is 18.9. The van der Waals surface area contributed by atoms with Crippen LogP contribution in [0.3, 0.4) is 0 Å². The Morgan fingerprint density at radius 1 is 0.912 bits per heavy atom. The fourth-order valence-electron chi connectivity index (χ4n) is 3.77. The number of ether oxygens (including phenoxy) is 2. The van der Waals surface area contributed by atoms with Gasteiger partial charge in [-0.3, -0.25) is 4.57 Å². The van der Waals surface area contributed by atoms with Crippen LogP contribution in [-0.2, 0) is 23.1 Å². The monoisotopic (exact) mass is 505 g/mol. The number of phosphoric acid groups is 1. The van der Waals surface area contributed by atoms with Gasteiger partial charge in [-0.2, -0.15) is 0 Å². The molecule has 1 aliphatic heterocycles. The van der Waals surface area contributed by atoms with Gasteiger partial charge < -0.3 is 27.9 Å². The molecule has 1 aliphatic rings. The Balaban J connectivity index is 1.94. The highest BCUT2D eigenvalue weighted by molar-refractivity contribution is 7.45. The molecular weight excluding hydrogens is 453 g/mol. The van der Waals surface area contributed by atoms with Crippen molar-refractivity contribution in [1.82, 2.24) is 0 Å². The first kappa shape index (κ1) is 31.8. The molecule has 8 heteroatoms. The maximum Gasteiger partial charge on any atom is 0.268 e. The zero-order valence-electron chi connectivity index (χ0n) is 22.4. The van der Waals surface area contributed by atoms with Crippen LogP contribution < -0.4 is 4.89 Å². The first-order valence-corrected chi connectivity index (χ1v) is 15.0. The summed E-state index contributed by atoms with van der Waals surface area (Å²) in [4.78, 5) is 11.9. The summed E-state index contributed by atoms with van der Waals surface area (Å²) in [7, 11) is 1.61. The molecule has 0 saturated carbocycles. The van der Waals surface area contributed by atoms with E-state index in [1.54, 1.807) is 0 Å². The van der Waals surface area contributed by atoms with E-state index in [1.165, 1.54) is 77.0 Å². The lowest BCUT2D eigenvalue weighted by Crippen LogP contribution is -2.37. The number of hydrogen-bond donors (Lipinski definition) is 0. The summed E-state index contributed by atoms with van der Waals surface area (Å²) in [6.07, 6.45) is 21.5. The SMILES string of the molecule is CCCCCCCC/C=C/CCCCCCCC1OCC(COP(=O)([O-])OCC[N+](C)(C)C)O1. The Labute approximate surface area is 209 Å². The van der Waals surface area contributed by atoms with Crippen molar-refractivity contribution in [2.24, 2.45) is 0 Å². The first-order chi connectivity index (χ1) is 16.2. The van der Waals surface area contributed by atoms with Gasteiger partial charge in [0.2, 0.25) is 0 Å². The third-order valence-electron chi connectivity index (χ3n) is 5.94. The standard InChI is InChI=1S/C26H52NO6P/c1-5-6-7-8-9-10-11-12-13-14-15-16-17-18-19-20-26-30-23-25(33-26)24-32-34(28,29)31-22-21-27(2,3)4/h12-13,25-26H,5-11,14-24H2,1-4H3/b13-12+. The minimum absolute atomic E-state index is 0.0615. The summed E-state index contributed by atoms with van der Waals surface area (Å²) >= 11 is 0. The van der Waals surface area contributed by atoms with Crippen molar-refractivity contribution in [3.63, 3.8) is 0 Å². The van der Waals surface area contributed by atoms with Gasteiger partial charge in [0, 0.05) is 0 Å². The quantitative estimate of drug-likeness (QED) is 0.0780. The summed E-state index contributed by atoms with van der Waals surface area (Å²) in [5.41, 5.74) is 0. The molecule has 1 saturated heterocycles. The van der Waals surface area contributed by atoms with E-state index in [1.807, 2.05) is 21.1 Å². The molecule has 3 atom stereocenters. The van der Waals surface area contributed by atoms with Gasteiger partial charge in [0.15, 0.2) is 6.29 Å². The molecule has 0 bridgehead atoms. The van der Waals surface area contributed by atoms with Gasteiger partial charge in [-0.25, -0.2) is 0 Å². The van der Waals surface area contributed by atoms with Crippen molar-refractivity contribution in [3.05, 3.63) is 12.2 Å². The van der Waals surface area contributed by atoms with E-state index >= 15 is 0 Å². The molecule has 0 aromatic carbocycles. The minimum Gasteiger partial charge on any atom is -0.756 e. The number of likely N-dealkylation sites (N-methyl/N-ethyl adjacent to an activating group) is 1. The smallest absolute Gasteiger partial charge is 0.268 e. The third kappa shape index (κ3) is 19.0. The molecule has 0 radical (unpaired) electrons. The number of phosphoric ester groups is 1. The van der Waals surface area contributed by atoms with E-state index in [2.05, 4.69) is 19.1 Å². The highest BCUT2D eigenvalue weighted by Gasteiger charge is 2.27. The number of nitrogens with zero attached hydrogens (tertiary/aromatic N) is 1. The van der Waals surface area contributed by atoms with Crippen molar-refractivity contribution < 1.29 is 32.5 Å². The number of unbranched alkanes of at least 4 members (excludes halogenated alkanes) is 11. The van der Waals surface area contributed by atoms with Crippen LogP contribution in [0.5, 0.6) is 0 Å². The van der Waals surface area contributed by atoms with E-state index in [-0.39, 0.29) is 25.6 Å². The Kier molecular flexibility index (Phi) is 17.7. The van der Waals surface area contributed by atoms with Crippen LogP contribution in [0, 0.1) is 0 Å². The molecule has 7 nitrogen and oxygen atoms in total. The van der Waals surface area contributed by atoms with E-state index < -0.39 is 7.82 Å². The molecule has 1 fully saturated rings. The molecule has 202 valence electrons. The topological polar surface area (TPSA) is 77.1 Å². The van der Waals surface area contributed by atoms with Crippen LogP contribution in [0.15, 0.2) is 12.2 Å². The molecule has 0 amide bonds. The van der Waals surface area contributed by atoms with Gasteiger partial charge in [-0.05, 0) is 38.5 Å². The molecule has 1 heterocycles. The van der Waals surface area contributed by atoms with Crippen molar-refractivity contribution in [2.75, 3.05) is 47.5 Å². The minimum atomic E-state index is -4.30. The van der Waals surface area contributed by atoms with Crippen molar-refractivity contribution in [2.45, 2.75) is 109 Å². The summed E-state index contributed by atoms with van der Waals surface area (Å²) < 4.78 is 33.8. The van der Waals surface area contributed by atoms with Crippen LogP contribution >= 0.6 is 7.82 Å². The average molecular weight is 506 g/mol. The van der Waals surface area contributed by atoms with E-state index in [0.717, 1.165) is 12.8 Å². The normalized spacial score (nSPS) is 20.9. The molecule has 0 aliphatic carbocycles. The predicted molar refractivity (Wildman–Crippen MR) is 136 cm³/mol. The zero-order valence-corrected chi connectivity index (χ0v) is 23.3. The second-order valence-electron chi connectivity index (χ2n) is 10.5. The lowest BCUT2D eigenvalue weighted by molar-refractivity contribution is -0.870. The average Bonchev–Trinajstić information content (AvgIpc) is 3.22. The maximum absolute atomic E-state index is 11.9. The van der Waals surface area contributed by atoms with E-state index in [9.17, 15) is 9.46 Å². The second-order valence-corrected chi connectivity index (χ2v) is 11.9. The summed E-state index contributed by atoms with van der Waals surface area (Å²) in [6.45, 7) is 3.24. The van der Waals surface area contributed by atoms with Crippen LogP contribution in [0.2, 0.25) is 0 Å². The molecule has 0 spiro atoms. The first-order valence-electron chi connectivity index (χ1n) is 13.5. The van der Waals surface area contributed by atoms with E-state index in [0.29, 0.717) is 17.6 Å². The van der Waals surface area contributed by atoms with Crippen molar-refractivity contribution in [1.29, 1.82) is 0 Å².